The van der Waals surface area contributed by atoms with Crippen molar-refractivity contribution in [3.63, 3.8) is 0 Å². The minimum Gasteiger partial charge on any atom is -0.374 e. The molecule has 21 heavy (non-hydrogen) atoms. The van der Waals surface area contributed by atoms with Crippen molar-refractivity contribution in [2.24, 2.45) is 0 Å². The highest BCUT2D eigenvalue weighted by Crippen LogP contribution is 2.20. The number of anilines is 2. The average Bonchev–Trinajstić information content (AvgIpc) is 2.41. The third-order valence-corrected chi connectivity index (χ3v) is 3.30. The molecule has 0 saturated heterocycles. The van der Waals surface area contributed by atoms with Gasteiger partial charge >= 0.3 is 0 Å². The lowest BCUT2D eigenvalue weighted by atomic mass is 10.3. The molecular weight excluding hydrogens is 366 g/mol. The quantitative estimate of drug-likeness (QED) is 0.830. The van der Waals surface area contributed by atoms with Crippen LogP contribution in [0.4, 0.5) is 20.2 Å². The number of carbonyl (C=O) groups excluding carboxylic acids is 1. The van der Waals surface area contributed by atoms with E-state index in [1.165, 1.54) is 24.3 Å². The van der Waals surface area contributed by atoms with Crippen LogP contribution in [0.5, 0.6) is 0 Å². The molecule has 2 N–H and O–H groups in total. The van der Waals surface area contributed by atoms with Gasteiger partial charge in [0.25, 0.3) is 0 Å². The van der Waals surface area contributed by atoms with Crippen LogP contribution in [0.2, 0.25) is 5.02 Å². The Kier molecular flexibility index (Phi) is 5.14. The normalized spacial score (nSPS) is 10.3. The zero-order valence-corrected chi connectivity index (χ0v) is 12.9. The first-order valence-electron chi connectivity index (χ1n) is 5.89. The van der Waals surface area contributed by atoms with Crippen LogP contribution in [0.3, 0.4) is 0 Å². The number of benzene rings is 2. The SMILES string of the molecule is O=C(CNc1ccc(Cl)cc1F)Nc1ccc(Br)cc1F. The fourth-order valence-electron chi connectivity index (χ4n) is 1.59. The van der Waals surface area contributed by atoms with Crippen LogP contribution in [0.15, 0.2) is 40.9 Å². The zero-order chi connectivity index (χ0) is 15.4. The van der Waals surface area contributed by atoms with E-state index in [1.807, 2.05) is 0 Å². The molecule has 0 atom stereocenters. The van der Waals surface area contributed by atoms with Gasteiger partial charge in [0.15, 0.2) is 0 Å². The predicted molar refractivity (Wildman–Crippen MR) is 82.6 cm³/mol. The van der Waals surface area contributed by atoms with Crippen LogP contribution in [-0.4, -0.2) is 12.5 Å². The first-order chi connectivity index (χ1) is 9.95. The van der Waals surface area contributed by atoms with Gasteiger partial charge in [0.05, 0.1) is 17.9 Å². The van der Waals surface area contributed by atoms with Gasteiger partial charge in [0.2, 0.25) is 5.91 Å². The number of hydrogen-bond acceptors (Lipinski definition) is 2. The van der Waals surface area contributed by atoms with Crippen LogP contribution in [0.25, 0.3) is 0 Å². The van der Waals surface area contributed by atoms with Crippen molar-refractivity contribution in [2.45, 2.75) is 0 Å². The van der Waals surface area contributed by atoms with E-state index < -0.39 is 17.5 Å². The van der Waals surface area contributed by atoms with Gasteiger partial charge < -0.3 is 10.6 Å². The lowest BCUT2D eigenvalue weighted by Crippen LogP contribution is -2.22. The van der Waals surface area contributed by atoms with Crippen molar-refractivity contribution in [1.29, 1.82) is 0 Å². The maximum absolute atomic E-state index is 13.5. The van der Waals surface area contributed by atoms with Crippen molar-refractivity contribution in [3.8, 4) is 0 Å². The molecule has 0 aliphatic carbocycles. The molecule has 0 aliphatic rings. The second-order valence-corrected chi connectivity index (χ2v) is 5.50. The van der Waals surface area contributed by atoms with Gasteiger partial charge in [-0.25, -0.2) is 8.78 Å². The summed E-state index contributed by atoms with van der Waals surface area (Å²) < 4.78 is 27.6. The summed E-state index contributed by atoms with van der Waals surface area (Å²) in [5, 5.41) is 5.27. The van der Waals surface area contributed by atoms with E-state index in [2.05, 4.69) is 26.6 Å². The highest BCUT2D eigenvalue weighted by Gasteiger charge is 2.09. The smallest absolute Gasteiger partial charge is 0.243 e. The van der Waals surface area contributed by atoms with Gasteiger partial charge in [0.1, 0.15) is 11.6 Å². The third-order valence-electron chi connectivity index (χ3n) is 2.58. The van der Waals surface area contributed by atoms with E-state index in [9.17, 15) is 13.6 Å². The Balaban J connectivity index is 1.96. The van der Waals surface area contributed by atoms with Gasteiger partial charge in [-0.15, -0.1) is 0 Å². The van der Waals surface area contributed by atoms with Crippen molar-refractivity contribution in [3.05, 3.63) is 57.5 Å². The second-order valence-electron chi connectivity index (χ2n) is 4.15. The Morgan fingerprint density at radius 3 is 2.43 bits per heavy atom. The molecule has 0 spiro atoms. The molecule has 110 valence electrons. The van der Waals surface area contributed by atoms with Crippen LogP contribution in [-0.2, 0) is 4.79 Å². The van der Waals surface area contributed by atoms with E-state index in [0.29, 0.717) is 4.47 Å². The molecule has 2 rings (SSSR count). The molecular formula is C14H10BrClF2N2O. The molecule has 2 aromatic rings. The minimum atomic E-state index is -0.565. The lowest BCUT2D eigenvalue weighted by Gasteiger charge is -2.09. The summed E-state index contributed by atoms with van der Waals surface area (Å²) in [5.41, 5.74) is 0.201. The topological polar surface area (TPSA) is 41.1 Å². The molecule has 7 heteroatoms. The number of nitrogens with one attached hydrogen (secondary N) is 2. The maximum atomic E-state index is 13.5. The third kappa shape index (κ3) is 4.41. The fraction of sp³-hybridized carbons (Fsp3) is 0.0714. The first kappa shape index (κ1) is 15.7. The fourth-order valence-corrected chi connectivity index (χ4v) is 2.09. The Labute approximate surface area is 133 Å². The Morgan fingerprint density at radius 1 is 1.10 bits per heavy atom. The molecule has 0 heterocycles. The molecule has 0 radical (unpaired) electrons. The van der Waals surface area contributed by atoms with Crippen molar-refractivity contribution >= 4 is 44.8 Å². The summed E-state index contributed by atoms with van der Waals surface area (Å²) in [5.74, 6) is -1.62. The van der Waals surface area contributed by atoms with E-state index in [-0.39, 0.29) is 22.9 Å². The van der Waals surface area contributed by atoms with Gasteiger partial charge in [-0.05, 0) is 36.4 Å². The summed E-state index contributed by atoms with van der Waals surface area (Å²) in [6, 6.07) is 8.33. The molecule has 0 bridgehead atoms. The van der Waals surface area contributed by atoms with Crippen LogP contribution in [0, 0.1) is 11.6 Å². The zero-order valence-electron chi connectivity index (χ0n) is 10.6. The average molecular weight is 376 g/mol. The number of amides is 1. The summed E-state index contributed by atoms with van der Waals surface area (Å²) in [4.78, 5) is 11.7. The number of rotatable bonds is 4. The maximum Gasteiger partial charge on any atom is 0.243 e. The number of hydrogen-bond donors (Lipinski definition) is 2. The molecule has 0 fully saturated rings. The van der Waals surface area contributed by atoms with Crippen molar-refractivity contribution in [1.82, 2.24) is 0 Å². The van der Waals surface area contributed by atoms with E-state index in [1.54, 1.807) is 6.07 Å². The highest BCUT2D eigenvalue weighted by atomic mass is 79.9. The summed E-state index contributed by atoms with van der Waals surface area (Å²) in [7, 11) is 0. The summed E-state index contributed by atoms with van der Waals surface area (Å²) in [6.45, 7) is -0.200. The van der Waals surface area contributed by atoms with Crippen LogP contribution in [0.1, 0.15) is 0 Å². The van der Waals surface area contributed by atoms with E-state index in [0.717, 1.165) is 6.07 Å². The molecule has 0 unspecified atom stereocenters. The van der Waals surface area contributed by atoms with E-state index >= 15 is 0 Å². The monoisotopic (exact) mass is 374 g/mol. The molecule has 0 aromatic heterocycles. The summed E-state index contributed by atoms with van der Waals surface area (Å²) >= 11 is 8.74. The molecule has 2 aromatic carbocycles. The van der Waals surface area contributed by atoms with Gasteiger partial charge in [-0.3, -0.25) is 4.79 Å². The van der Waals surface area contributed by atoms with Gasteiger partial charge in [-0.2, -0.15) is 0 Å². The molecule has 3 nitrogen and oxygen atoms in total. The summed E-state index contributed by atoms with van der Waals surface area (Å²) in [6.07, 6.45) is 0. The lowest BCUT2D eigenvalue weighted by molar-refractivity contribution is -0.114. The predicted octanol–water partition coefficient (Wildman–Crippen LogP) is 4.43. The van der Waals surface area contributed by atoms with Gasteiger partial charge in [0, 0.05) is 9.50 Å². The highest BCUT2D eigenvalue weighted by molar-refractivity contribution is 9.10. The standard InChI is InChI=1S/C14H10BrClF2N2O/c15-8-1-3-13(10(17)5-8)20-14(21)7-19-12-4-2-9(16)6-11(12)18/h1-6,19H,7H2,(H,20,21). The first-order valence-corrected chi connectivity index (χ1v) is 7.06. The Bertz CT molecular complexity index is 682. The molecule has 0 saturated carbocycles. The number of carbonyl (C=O) groups is 1. The van der Waals surface area contributed by atoms with Crippen molar-refractivity contribution in [2.75, 3.05) is 17.2 Å². The molecule has 1 amide bonds. The Hall–Kier alpha value is -1.66. The van der Waals surface area contributed by atoms with Crippen LogP contribution < -0.4 is 10.6 Å². The largest absolute Gasteiger partial charge is 0.374 e. The van der Waals surface area contributed by atoms with Crippen LogP contribution >= 0.6 is 27.5 Å². The van der Waals surface area contributed by atoms with Gasteiger partial charge in [-0.1, -0.05) is 27.5 Å². The molecule has 0 aliphatic heterocycles. The van der Waals surface area contributed by atoms with Crippen molar-refractivity contribution < 1.29 is 13.6 Å². The Morgan fingerprint density at radius 2 is 1.76 bits per heavy atom. The number of halogens is 4. The minimum absolute atomic E-state index is 0.0570. The second kappa shape index (κ2) is 6.87. The van der Waals surface area contributed by atoms with E-state index in [4.69, 9.17) is 11.6 Å².